The van der Waals surface area contributed by atoms with E-state index in [0.29, 0.717) is 5.69 Å². The zero-order chi connectivity index (χ0) is 15.0. The highest BCUT2D eigenvalue weighted by Gasteiger charge is 2.28. The van der Waals surface area contributed by atoms with Crippen LogP contribution in [0.2, 0.25) is 0 Å². The van der Waals surface area contributed by atoms with Gasteiger partial charge in [0.2, 0.25) is 0 Å². The van der Waals surface area contributed by atoms with E-state index in [0.717, 1.165) is 43.9 Å². The smallest absolute Gasteiger partial charge is 0.170 e. The molecule has 3 rings (SSSR count). The molecule has 112 valence electrons. The number of carbonyl (C=O) groups is 1. The van der Waals surface area contributed by atoms with Gasteiger partial charge in [-0.1, -0.05) is 6.07 Å². The number of nitrogens with zero attached hydrogens (tertiary/aromatic N) is 4. The van der Waals surface area contributed by atoms with E-state index in [1.807, 2.05) is 28.8 Å². The van der Waals surface area contributed by atoms with Crippen LogP contribution in [-0.2, 0) is 0 Å². The van der Waals surface area contributed by atoms with Crippen LogP contribution >= 0.6 is 0 Å². The van der Waals surface area contributed by atoms with E-state index < -0.39 is 0 Å². The van der Waals surface area contributed by atoms with Crippen LogP contribution in [0.4, 0.5) is 5.82 Å². The summed E-state index contributed by atoms with van der Waals surface area (Å²) in [5.74, 6) is 0.810. The summed E-state index contributed by atoms with van der Waals surface area (Å²) in [6.45, 7) is 10.5. The minimum absolute atomic E-state index is 0.193. The molecular formula is C16H22N4O. The molecule has 1 fully saturated rings. The molecule has 0 atom stereocenters. The Bertz CT molecular complexity index is 648. The van der Waals surface area contributed by atoms with Crippen LogP contribution in [0.15, 0.2) is 24.4 Å². The number of aromatic nitrogens is 2. The Balaban J connectivity index is 1.87. The molecule has 5 nitrogen and oxygen atoms in total. The standard InChI is InChI=1S/C16H22N4O/c1-16(2,3)19-10-8-18(9-11-19)15-13(12-21)20-7-5-4-6-14(20)17-15/h4-7,12H,8-11H2,1-3H3. The Morgan fingerprint density at radius 2 is 1.86 bits per heavy atom. The van der Waals surface area contributed by atoms with Crippen molar-refractivity contribution in [1.82, 2.24) is 14.3 Å². The SMILES string of the molecule is CC(C)(C)N1CCN(c2nc3ccccn3c2C=O)CC1. The first-order valence-corrected chi connectivity index (χ1v) is 7.43. The van der Waals surface area contributed by atoms with Crippen molar-refractivity contribution in [2.45, 2.75) is 26.3 Å². The van der Waals surface area contributed by atoms with Crippen molar-refractivity contribution in [3.05, 3.63) is 30.1 Å². The summed E-state index contributed by atoms with van der Waals surface area (Å²) in [6.07, 6.45) is 2.80. The molecule has 5 heteroatoms. The lowest BCUT2D eigenvalue weighted by molar-refractivity contribution is 0.111. The molecule has 0 spiro atoms. The zero-order valence-corrected chi connectivity index (χ0v) is 12.9. The second-order valence-corrected chi connectivity index (χ2v) is 6.51. The number of imidazole rings is 1. The molecule has 0 aromatic carbocycles. The average Bonchev–Trinajstić information content (AvgIpc) is 2.85. The summed E-state index contributed by atoms with van der Waals surface area (Å²) in [4.78, 5) is 20.8. The maximum atomic E-state index is 11.5. The van der Waals surface area contributed by atoms with Crippen LogP contribution in [0, 0.1) is 0 Å². The topological polar surface area (TPSA) is 40.9 Å². The van der Waals surface area contributed by atoms with Crippen LogP contribution in [0.25, 0.3) is 5.65 Å². The largest absolute Gasteiger partial charge is 0.352 e. The van der Waals surface area contributed by atoms with Gasteiger partial charge in [-0.2, -0.15) is 0 Å². The second kappa shape index (κ2) is 5.15. The fourth-order valence-corrected chi connectivity index (χ4v) is 2.93. The van der Waals surface area contributed by atoms with Crippen molar-refractivity contribution in [2.24, 2.45) is 0 Å². The van der Waals surface area contributed by atoms with E-state index in [2.05, 4.69) is 35.6 Å². The van der Waals surface area contributed by atoms with Gasteiger partial charge >= 0.3 is 0 Å². The molecular weight excluding hydrogens is 264 g/mol. The summed E-state index contributed by atoms with van der Waals surface area (Å²) in [5, 5.41) is 0. The van der Waals surface area contributed by atoms with E-state index >= 15 is 0 Å². The minimum Gasteiger partial charge on any atom is -0.352 e. The number of aldehydes is 1. The predicted octanol–water partition coefficient (Wildman–Crippen LogP) is 2.07. The van der Waals surface area contributed by atoms with E-state index in [1.54, 1.807) is 0 Å². The third-order valence-electron chi connectivity index (χ3n) is 4.19. The van der Waals surface area contributed by atoms with E-state index in [-0.39, 0.29) is 5.54 Å². The van der Waals surface area contributed by atoms with Crippen molar-refractivity contribution in [3.63, 3.8) is 0 Å². The van der Waals surface area contributed by atoms with Crippen LogP contribution in [0.5, 0.6) is 0 Å². The van der Waals surface area contributed by atoms with Gasteiger partial charge in [0.05, 0.1) is 0 Å². The van der Waals surface area contributed by atoms with Crippen molar-refractivity contribution < 1.29 is 4.79 Å². The van der Waals surface area contributed by atoms with Crippen LogP contribution in [0.3, 0.4) is 0 Å². The molecule has 0 radical (unpaired) electrons. The number of carbonyl (C=O) groups excluding carboxylic acids is 1. The van der Waals surface area contributed by atoms with Crippen LogP contribution < -0.4 is 4.90 Å². The number of hydrogen-bond acceptors (Lipinski definition) is 4. The molecule has 0 bridgehead atoms. The van der Waals surface area contributed by atoms with Gasteiger partial charge in [-0.25, -0.2) is 4.98 Å². The quantitative estimate of drug-likeness (QED) is 0.793. The first-order chi connectivity index (χ1) is 10.0. The Morgan fingerprint density at radius 1 is 1.14 bits per heavy atom. The monoisotopic (exact) mass is 286 g/mol. The Labute approximate surface area is 125 Å². The molecule has 1 aliphatic heterocycles. The summed E-state index contributed by atoms with van der Waals surface area (Å²) in [5.41, 5.74) is 1.67. The Hall–Kier alpha value is -1.88. The lowest BCUT2D eigenvalue weighted by atomic mass is 10.0. The molecule has 21 heavy (non-hydrogen) atoms. The molecule has 0 aliphatic carbocycles. The molecule has 1 aliphatic rings. The number of piperazine rings is 1. The van der Waals surface area contributed by atoms with E-state index in [4.69, 9.17) is 0 Å². The van der Waals surface area contributed by atoms with Crippen LogP contribution in [0.1, 0.15) is 31.3 Å². The summed E-state index contributed by atoms with van der Waals surface area (Å²) in [6, 6.07) is 5.79. The average molecular weight is 286 g/mol. The van der Waals surface area contributed by atoms with Crippen molar-refractivity contribution in [2.75, 3.05) is 31.1 Å². The number of anilines is 1. The first kappa shape index (κ1) is 14.1. The lowest BCUT2D eigenvalue weighted by Gasteiger charge is -2.42. The highest BCUT2D eigenvalue weighted by Crippen LogP contribution is 2.23. The minimum atomic E-state index is 0.193. The van der Waals surface area contributed by atoms with Gasteiger partial charge in [0.25, 0.3) is 0 Å². The number of pyridine rings is 1. The third-order valence-corrected chi connectivity index (χ3v) is 4.19. The van der Waals surface area contributed by atoms with Gasteiger partial charge in [0.1, 0.15) is 11.3 Å². The van der Waals surface area contributed by atoms with Gasteiger partial charge in [0.15, 0.2) is 12.1 Å². The van der Waals surface area contributed by atoms with Gasteiger partial charge < -0.3 is 4.90 Å². The highest BCUT2D eigenvalue weighted by molar-refractivity contribution is 5.83. The molecule has 0 saturated carbocycles. The number of rotatable bonds is 2. The summed E-state index contributed by atoms with van der Waals surface area (Å²) in [7, 11) is 0. The fourth-order valence-electron chi connectivity index (χ4n) is 2.93. The van der Waals surface area contributed by atoms with Gasteiger partial charge in [-0.3, -0.25) is 14.1 Å². The van der Waals surface area contributed by atoms with Gasteiger partial charge in [0, 0.05) is 37.9 Å². The third kappa shape index (κ3) is 2.53. The molecule has 3 heterocycles. The van der Waals surface area contributed by atoms with Crippen molar-refractivity contribution >= 4 is 17.8 Å². The summed E-state index contributed by atoms with van der Waals surface area (Å²) >= 11 is 0. The Kier molecular flexibility index (Phi) is 3.45. The lowest BCUT2D eigenvalue weighted by Crippen LogP contribution is -2.53. The highest BCUT2D eigenvalue weighted by atomic mass is 16.1. The van der Waals surface area contributed by atoms with Gasteiger partial charge in [-0.15, -0.1) is 0 Å². The molecule has 0 unspecified atom stereocenters. The fraction of sp³-hybridized carbons (Fsp3) is 0.500. The molecule has 0 amide bonds. The molecule has 2 aromatic heterocycles. The zero-order valence-electron chi connectivity index (χ0n) is 12.9. The van der Waals surface area contributed by atoms with Crippen molar-refractivity contribution in [1.29, 1.82) is 0 Å². The maximum absolute atomic E-state index is 11.5. The molecule has 1 saturated heterocycles. The first-order valence-electron chi connectivity index (χ1n) is 7.43. The maximum Gasteiger partial charge on any atom is 0.170 e. The summed E-state index contributed by atoms with van der Waals surface area (Å²) < 4.78 is 1.86. The second-order valence-electron chi connectivity index (χ2n) is 6.51. The van der Waals surface area contributed by atoms with Gasteiger partial charge in [-0.05, 0) is 32.9 Å². The van der Waals surface area contributed by atoms with E-state index in [1.165, 1.54) is 0 Å². The van der Waals surface area contributed by atoms with E-state index in [9.17, 15) is 4.79 Å². The normalized spacial score (nSPS) is 17.4. The van der Waals surface area contributed by atoms with Crippen LogP contribution in [-0.4, -0.2) is 52.3 Å². The van der Waals surface area contributed by atoms with Crippen molar-refractivity contribution in [3.8, 4) is 0 Å². The number of hydrogen-bond donors (Lipinski definition) is 0. The molecule has 0 N–H and O–H groups in total. The number of fused-ring (bicyclic) bond motifs is 1. The Morgan fingerprint density at radius 3 is 2.48 bits per heavy atom. The predicted molar refractivity (Wildman–Crippen MR) is 84.1 cm³/mol. The molecule has 2 aromatic rings.